The molecule has 166 valence electrons. The van der Waals surface area contributed by atoms with Crippen LogP contribution in [0.3, 0.4) is 0 Å². The number of ether oxygens (including phenoxy) is 1. The van der Waals surface area contributed by atoms with Crippen LogP contribution in [0.25, 0.3) is 0 Å². The molecule has 1 saturated carbocycles. The monoisotopic (exact) mass is 440 g/mol. The molecule has 1 fully saturated rings. The first-order chi connectivity index (χ1) is 15.0. The van der Waals surface area contributed by atoms with Crippen LogP contribution in [0.15, 0.2) is 41.8 Å². The molecule has 1 aromatic heterocycles. The van der Waals surface area contributed by atoms with E-state index in [1.165, 1.54) is 10.4 Å². The number of rotatable bonds is 9. The molecule has 1 aliphatic heterocycles. The Balaban J connectivity index is 1.48. The van der Waals surface area contributed by atoms with Crippen molar-refractivity contribution in [3.63, 3.8) is 0 Å². The molecule has 0 bridgehead atoms. The second kappa shape index (κ2) is 9.86. The summed E-state index contributed by atoms with van der Waals surface area (Å²) in [5, 5.41) is 2.10. The van der Waals surface area contributed by atoms with E-state index in [-0.39, 0.29) is 24.4 Å². The number of carbonyl (C=O) groups excluding carboxylic acids is 2. The Hall–Kier alpha value is -2.34. The molecule has 2 aromatic rings. The fourth-order valence-corrected chi connectivity index (χ4v) is 5.09. The van der Waals surface area contributed by atoms with E-state index in [2.05, 4.69) is 25.3 Å². The average Bonchev–Trinajstić information content (AvgIpc) is 3.44. The maximum absolute atomic E-state index is 13.4. The smallest absolute Gasteiger partial charge is 0.242 e. The van der Waals surface area contributed by atoms with Crippen molar-refractivity contribution in [1.82, 2.24) is 9.80 Å². The van der Waals surface area contributed by atoms with E-state index in [1.807, 2.05) is 35.2 Å². The fraction of sp³-hybridized carbons (Fsp3) is 0.520. The molecule has 0 radical (unpaired) electrons. The molecule has 0 N–H and O–H groups in total. The van der Waals surface area contributed by atoms with Gasteiger partial charge in [-0.1, -0.05) is 32.0 Å². The Morgan fingerprint density at radius 1 is 1.19 bits per heavy atom. The first kappa shape index (κ1) is 21.9. The maximum atomic E-state index is 13.4. The highest BCUT2D eigenvalue weighted by Gasteiger charge is 2.35. The molecule has 0 saturated heterocycles. The largest absolute Gasteiger partial charge is 0.491 e. The lowest BCUT2D eigenvalue weighted by Gasteiger charge is -2.37. The summed E-state index contributed by atoms with van der Waals surface area (Å²) < 4.78 is 6.06. The Bertz CT molecular complexity index is 891. The zero-order valence-electron chi connectivity index (χ0n) is 18.5. The van der Waals surface area contributed by atoms with Gasteiger partial charge in [-0.15, -0.1) is 11.3 Å². The molecule has 2 heterocycles. The topological polar surface area (TPSA) is 49.9 Å². The molecule has 1 atom stereocenters. The van der Waals surface area contributed by atoms with Gasteiger partial charge in [0.1, 0.15) is 12.4 Å². The average molecular weight is 441 g/mol. The minimum atomic E-state index is -0.120. The van der Waals surface area contributed by atoms with Crippen molar-refractivity contribution in [3.05, 3.63) is 52.2 Å². The maximum Gasteiger partial charge on any atom is 0.242 e. The van der Waals surface area contributed by atoms with Gasteiger partial charge in [-0.3, -0.25) is 9.59 Å². The molecule has 1 aromatic carbocycles. The number of nitrogens with zero attached hydrogens (tertiary/aromatic N) is 2. The summed E-state index contributed by atoms with van der Waals surface area (Å²) in [6.07, 6.45) is 3.68. The number of para-hydroxylation sites is 1. The van der Waals surface area contributed by atoms with Crippen LogP contribution in [0.4, 0.5) is 0 Å². The van der Waals surface area contributed by atoms with E-state index in [1.54, 1.807) is 16.2 Å². The van der Waals surface area contributed by atoms with Crippen molar-refractivity contribution in [2.75, 3.05) is 26.2 Å². The lowest BCUT2D eigenvalue weighted by atomic mass is 10.00. The lowest BCUT2D eigenvalue weighted by molar-refractivity contribution is -0.143. The zero-order valence-corrected chi connectivity index (χ0v) is 19.3. The third kappa shape index (κ3) is 5.67. The quantitative estimate of drug-likeness (QED) is 0.575. The minimum Gasteiger partial charge on any atom is -0.491 e. The molecule has 2 aliphatic rings. The Kier molecular flexibility index (Phi) is 6.96. The van der Waals surface area contributed by atoms with Crippen LogP contribution < -0.4 is 4.74 Å². The van der Waals surface area contributed by atoms with Crippen molar-refractivity contribution >= 4 is 23.2 Å². The predicted octanol–water partition coefficient (Wildman–Crippen LogP) is 4.54. The Morgan fingerprint density at radius 2 is 1.97 bits per heavy atom. The number of amides is 2. The highest BCUT2D eigenvalue weighted by molar-refractivity contribution is 7.10. The van der Waals surface area contributed by atoms with Crippen LogP contribution in [0.1, 0.15) is 49.6 Å². The van der Waals surface area contributed by atoms with Crippen molar-refractivity contribution in [1.29, 1.82) is 0 Å². The molecule has 31 heavy (non-hydrogen) atoms. The second-order valence-corrected chi connectivity index (χ2v) is 10.1. The number of fused-ring (bicyclic) bond motifs is 1. The van der Waals surface area contributed by atoms with E-state index < -0.39 is 0 Å². The standard InChI is InChI=1S/C25H32N2O3S/c1-18(2)14-24(28)26(15-19-8-9-19)16-25(29)27-12-10-23-21(11-13-31-23)22(27)17-30-20-6-4-3-5-7-20/h3-7,11,13,18-19,22H,8-10,12,14-17H2,1-2H3/t22-/m1/s1. The van der Waals surface area contributed by atoms with E-state index in [4.69, 9.17) is 4.74 Å². The summed E-state index contributed by atoms with van der Waals surface area (Å²) in [5.74, 6) is 1.78. The third-order valence-electron chi connectivity index (χ3n) is 6.00. The third-order valence-corrected chi connectivity index (χ3v) is 7.00. The Morgan fingerprint density at radius 3 is 2.68 bits per heavy atom. The lowest BCUT2D eigenvalue weighted by Crippen LogP contribution is -2.48. The van der Waals surface area contributed by atoms with Gasteiger partial charge in [-0.25, -0.2) is 0 Å². The minimum absolute atomic E-state index is 0.0243. The summed E-state index contributed by atoms with van der Waals surface area (Å²) in [5.41, 5.74) is 1.18. The summed E-state index contributed by atoms with van der Waals surface area (Å²) in [6, 6.07) is 11.7. The fourth-order valence-electron chi connectivity index (χ4n) is 4.17. The predicted molar refractivity (Wildman–Crippen MR) is 123 cm³/mol. The zero-order chi connectivity index (χ0) is 21.8. The molecular formula is C25H32N2O3S. The number of carbonyl (C=O) groups is 2. The van der Waals surface area contributed by atoms with Gasteiger partial charge in [0.25, 0.3) is 0 Å². The summed E-state index contributed by atoms with van der Waals surface area (Å²) in [7, 11) is 0. The van der Waals surface area contributed by atoms with Crippen molar-refractivity contribution in [3.8, 4) is 5.75 Å². The van der Waals surface area contributed by atoms with Crippen LogP contribution in [-0.4, -0.2) is 47.9 Å². The Labute approximate surface area is 189 Å². The van der Waals surface area contributed by atoms with Crippen molar-refractivity contribution < 1.29 is 14.3 Å². The van der Waals surface area contributed by atoms with Gasteiger partial charge >= 0.3 is 0 Å². The van der Waals surface area contributed by atoms with Gasteiger partial charge in [0, 0.05) is 24.4 Å². The van der Waals surface area contributed by atoms with Crippen molar-refractivity contribution in [2.45, 2.75) is 45.6 Å². The van der Waals surface area contributed by atoms with Gasteiger partial charge in [0.15, 0.2) is 0 Å². The van der Waals surface area contributed by atoms with Gasteiger partial charge in [0.2, 0.25) is 11.8 Å². The van der Waals surface area contributed by atoms with E-state index >= 15 is 0 Å². The van der Waals surface area contributed by atoms with Crippen LogP contribution in [0.5, 0.6) is 5.75 Å². The van der Waals surface area contributed by atoms with E-state index in [0.717, 1.165) is 25.0 Å². The molecule has 6 heteroatoms. The van der Waals surface area contributed by atoms with Crippen LogP contribution in [0.2, 0.25) is 0 Å². The van der Waals surface area contributed by atoms with Gasteiger partial charge in [0.05, 0.1) is 12.6 Å². The summed E-state index contributed by atoms with van der Waals surface area (Å²) in [4.78, 5) is 31.3. The normalized spacial score (nSPS) is 18.0. The summed E-state index contributed by atoms with van der Waals surface area (Å²) >= 11 is 1.75. The first-order valence-electron chi connectivity index (χ1n) is 11.3. The highest BCUT2D eigenvalue weighted by Crippen LogP contribution is 2.34. The highest BCUT2D eigenvalue weighted by atomic mass is 32.1. The molecule has 5 nitrogen and oxygen atoms in total. The van der Waals surface area contributed by atoms with Crippen LogP contribution in [0, 0.1) is 11.8 Å². The molecular weight excluding hydrogens is 408 g/mol. The van der Waals surface area contributed by atoms with E-state index in [0.29, 0.717) is 38.0 Å². The van der Waals surface area contributed by atoms with Crippen LogP contribution in [-0.2, 0) is 16.0 Å². The molecule has 1 aliphatic carbocycles. The van der Waals surface area contributed by atoms with Crippen LogP contribution >= 0.6 is 11.3 Å². The first-order valence-corrected chi connectivity index (χ1v) is 12.2. The summed E-state index contributed by atoms with van der Waals surface area (Å²) in [6.45, 7) is 6.07. The molecule has 2 amide bonds. The molecule has 0 unspecified atom stereocenters. The SMILES string of the molecule is CC(C)CC(=O)N(CC(=O)N1CCc2sccc2[C@H]1COc1ccccc1)CC1CC1. The van der Waals surface area contributed by atoms with Gasteiger partial charge in [-0.2, -0.15) is 0 Å². The van der Waals surface area contributed by atoms with Crippen molar-refractivity contribution in [2.24, 2.45) is 11.8 Å². The second-order valence-electron chi connectivity index (χ2n) is 9.09. The number of thiophene rings is 1. The molecule has 4 rings (SSSR count). The van der Waals surface area contributed by atoms with E-state index in [9.17, 15) is 9.59 Å². The van der Waals surface area contributed by atoms with Gasteiger partial charge in [-0.05, 0) is 60.2 Å². The van der Waals surface area contributed by atoms with Gasteiger partial charge < -0.3 is 14.5 Å². The number of benzene rings is 1. The number of hydrogen-bond donors (Lipinski definition) is 0. The number of hydrogen-bond acceptors (Lipinski definition) is 4. The molecule has 0 spiro atoms.